The van der Waals surface area contributed by atoms with Gasteiger partial charge in [-0.3, -0.25) is 4.79 Å². The average Bonchev–Trinajstić information content (AvgIpc) is 2.40. The highest BCUT2D eigenvalue weighted by Gasteiger charge is 2.20. The number of nitrogens with two attached hydrogens (primary N) is 1. The van der Waals surface area contributed by atoms with Gasteiger partial charge < -0.3 is 20.3 Å². The summed E-state index contributed by atoms with van der Waals surface area (Å²) in [5.41, 5.74) is 6.40. The minimum Gasteiger partial charge on any atom is -0.508 e. The number of ether oxygens (including phenoxy) is 2. The summed E-state index contributed by atoms with van der Waals surface area (Å²) < 4.78 is 10.7. The molecule has 1 rings (SSSR count). The molecule has 21 heavy (non-hydrogen) atoms. The van der Waals surface area contributed by atoms with Gasteiger partial charge in [0.15, 0.2) is 0 Å². The van der Waals surface area contributed by atoms with Gasteiger partial charge in [-0.1, -0.05) is 12.1 Å². The van der Waals surface area contributed by atoms with Crippen LogP contribution in [0.5, 0.6) is 5.75 Å². The van der Waals surface area contributed by atoms with Crippen molar-refractivity contribution in [2.75, 3.05) is 13.2 Å². The average molecular weight is 295 g/mol. The zero-order valence-corrected chi connectivity index (χ0v) is 13.0. The van der Waals surface area contributed by atoms with E-state index in [-0.39, 0.29) is 18.0 Å². The van der Waals surface area contributed by atoms with E-state index in [0.717, 1.165) is 5.56 Å². The van der Waals surface area contributed by atoms with Crippen molar-refractivity contribution < 1.29 is 19.4 Å². The van der Waals surface area contributed by atoms with Crippen molar-refractivity contribution in [3.05, 3.63) is 29.8 Å². The fourth-order valence-corrected chi connectivity index (χ4v) is 1.94. The zero-order valence-electron chi connectivity index (χ0n) is 13.0. The minimum atomic E-state index is -0.704. The van der Waals surface area contributed by atoms with E-state index < -0.39 is 12.0 Å². The van der Waals surface area contributed by atoms with Gasteiger partial charge in [-0.2, -0.15) is 0 Å². The first-order valence-electron chi connectivity index (χ1n) is 7.18. The van der Waals surface area contributed by atoms with Crippen LogP contribution < -0.4 is 5.73 Å². The van der Waals surface area contributed by atoms with E-state index in [0.29, 0.717) is 19.4 Å². The van der Waals surface area contributed by atoms with Gasteiger partial charge in [-0.25, -0.2) is 0 Å². The third-order valence-electron chi connectivity index (χ3n) is 3.18. The van der Waals surface area contributed by atoms with E-state index in [1.807, 2.05) is 20.8 Å². The Morgan fingerprint density at radius 3 is 2.52 bits per heavy atom. The summed E-state index contributed by atoms with van der Waals surface area (Å²) in [5.74, 6) is -0.233. The monoisotopic (exact) mass is 295 g/mol. The van der Waals surface area contributed by atoms with Crippen molar-refractivity contribution in [1.82, 2.24) is 0 Å². The molecule has 0 aromatic heterocycles. The fraction of sp³-hybridized carbons (Fsp3) is 0.562. The molecule has 0 saturated heterocycles. The third kappa shape index (κ3) is 6.60. The van der Waals surface area contributed by atoms with Gasteiger partial charge >= 0.3 is 5.97 Å². The Morgan fingerprint density at radius 2 is 1.95 bits per heavy atom. The standard InChI is InChI=1S/C16H25NO4/c1-4-21-16(2,3)9-10-20-15(19)14(17)11-12-5-7-13(18)8-6-12/h5-8,14,18H,4,9-11,17H2,1-3H3. The Hall–Kier alpha value is -1.59. The number of carbonyl (C=O) groups is 1. The minimum absolute atomic E-state index is 0.188. The fourth-order valence-electron chi connectivity index (χ4n) is 1.94. The number of rotatable bonds is 8. The van der Waals surface area contributed by atoms with Crippen LogP contribution in [0.15, 0.2) is 24.3 Å². The van der Waals surface area contributed by atoms with E-state index in [1.54, 1.807) is 24.3 Å². The Kier molecular flexibility index (Phi) is 6.65. The lowest BCUT2D eigenvalue weighted by Crippen LogP contribution is -2.35. The second-order valence-corrected chi connectivity index (χ2v) is 5.59. The Labute approximate surface area is 126 Å². The number of phenols is 1. The second-order valence-electron chi connectivity index (χ2n) is 5.59. The first-order valence-corrected chi connectivity index (χ1v) is 7.18. The summed E-state index contributed by atoms with van der Waals surface area (Å²) in [5, 5.41) is 9.20. The topological polar surface area (TPSA) is 81.8 Å². The molecule has 0 bridgehead atoms. The molecule has 0 radical (unpaired) electrons. The Morgan fingerprint density at radius 1 is 1.33 bits per heavy atom. The molecule has 1 atom stereocenters. The maximum absolute atomic E-state index is 11.8. The van der Waals surface area contributed by atoms with Crippen molar-refractivity contribution in [2.45, 2.75) is 45.3 Å². The molecule has 0 heterocycles. The van der Waals surface area contributed by atoms with Gasteiger partial charge in [0.1, 0.15) is 11.8 Å². The lowest BCUT2D eigenvalue weighted by Gasteiger charge is -2.24. The van der Waals surface area contributed by atoms with E-state index in [9.17, 15) is 9.90 Å². The molecule has 0 saturated carbocycles. The van der Waals surface area contributed by atoms with Gasteiger partial charge in [-0.05, 0) is 44.9 Å². The van der Waals surface area contributed by atoms with Crippen molar-refractivity contribution >= 4 is 5.97 Å². The largest absolute Gasteiger partial charge is 0.508 e. The summed E-state index contributed by atoms with van der Waals surface area (Å²) in [6.07, 6.45) is 1.01. The number of hydrogen-bond donors (Lipinski definition) is 2. The molecule has 1 aromatic rings. The molecule has 5 heteroatoms. The quantitative estimate of drug-likeness (QED) is 0.717. The van der Waals surface area contributed by atoms with Crippen LogP contribution in [0.2, 0.25) is 0 Å². The molecule has 5 nitrogen and oxygen atoms in total. The predicted octanol–water partition coefficient (Wildman–Crippen LogP) is 2.01. The first-order chi connectivity index (χ1) is 9.84. The van der Waals surface area contributed by atoms with E-state index in [2.05, 4.69) is 0 Å². The van der Waals surface area contributed by atoms with Crippen LogP contribution in [0.1, 0.15) is 32.8 Å². The SMILES string of the molecule is CCOC(C)(C)CCOC(=O)C(N)Cc1ccc(O)cc1. The van der Waals surface area contributed by atoms with E-state index in [4.69, 9.17) is 15.2 Å². The number of benzene rings is 1. The Balaban J connectivity index is 2.36. The molecule has 0 fully saturated rings. The highest BCUT2D eigenvalue weighted by Crippen LogP contribution is 2.15. The molecule has 0 spiro atoms. The van der Waals surface area contributed by atoms with Crippen LogP contribution >= 0.6 is 0 Å². The van der Waals surface area contributed by atoms with Gasteiger partial charge in [0.2, 0.25) is 0 Å². The van der Waals surface area contributed by atoms with Crippen molar-refractivity contribution in [1.29, 1.82) is 0 Å². The smallest absolute Gasteiger partial charge is 0.323 e. The predicted molar refractivity (Wildman–Crippen MR) is 81.1 cm³/mol. The van der Waals surface area contributed by atoms with Gasteiger partial charge in [0, 0.05) is 13.0 Å². The summed E-state index contributed by atoms with van der Waals surface area (Å²) in [6, 6.07) is 5.90. The summed E-state index contributed by atoms with van der Waals surface area (Å²) in [6.45, 7) is 6.76. The summed E-state index contributed by atoms with van der Waals surface area (Å²) >= 11 is 0. The highest BCUT2D eigenvalue weighted by atomic mass is 16.5. The first kappa shape index (κ1) is 17.5. The van der Waals surface area contributed by atoms with Crippen LogP contribution in [-0.2, 0) is 20.7 Å². The second kappa shape index (κ2) is 8.00. The van der Waals surface area contributed by atoms with Gasteiger partial charge in [-0.15, -0.1) is 0 Å². The maximum atomic E-state index is 11.8. The number of hydrogen-bond acceptors (Lipinski definition) is 5. The molecule has 1 unspecified atom stereocenters. The van der Waals surface area contributed by atoms with Gasteiger partial charge in [0.05, 0.1) is 12.2 Å². The van der Waals surface area contributed by atoms with E-state index in [1.165, 1.54) is 0 Å². The summed E-state index contributed by atoms with van der Waals surface area (Å²) in [7, 11) is 0. The van der Waals surface area contributed by atoms with Crippen LogP contribution in [0.4, 0.5) is 0 Å². The molecular weight excluding hydrogens is 270 g/mol. The highest BCUT2D eigenvalue weighted by molar-refractivity contribution is 5.75. The number of carbonyl (C=O) groups excluding carboxylic acids is 1. The number of esters is 1. The Bertz CT molecular complexity index is 442. The molecule has 1 aromatic carbocycles. The molecular formula is C16H25NO4. The van der Waals surface area contributed by atoms with Crippen molar-refractivity contribution in [3.63, 3.8) is 0 Å². The molecule has 0 aliphatic carbocycles. The van der Waals surface area contributed by atoms with Crippen molar-refractivity contribution in [2.24, 2.45) is 5.73 Å². The van der Waals surface area contributed by atoms with Gasteiger partial charge in [0.25, 0.3) is 0 Å². The zero-order chi connectivity index (χ0) is 15.9. The molecule has 0 aliphatic heterocycles. The lowest BCUT2D eigenvalue weighted by molar-refractivity contribution is -0.147. The molecule has 0 aliphatic rings. The van der Waals surface area contributed by atoms with Crippen LogP contribution in [0.25, 0.3) is 0 Å². The normalized spacial score (nSPS) is 13.0. The molecule has 118 valence electrons. The third-order valence-corrected chi connectivity index (χ3v) is 3.18. The maximum Gasteiger partial charge on any atom is 0.323 e. The summed E-state index contributed by atoms with van der Waals surface area (Å²) in [4.78, 5) is 11.8. The number of phenolic OH excluding ortho intramolecular Hbond substituents is 1. The van der Waals surface area contributed by atoms with E-state index >= 15 is 0 Å². The van der Waals surface area contributed by atoms with Crippen LogP contribution in [-0.4, -0.2) is 35.9 Å². The molecule has 0 amide bonds. The van der Waals surface area contributed by atoms with Crippen LogP contribution in [0, 0.1) is 0 Å². The van der Waals surface area contributed by atoms with Crippen LogP contribution in [0.3, 0.4) is 0 Å². The number of aromatic hydroxyl groups is 1. The van der Waals surface area contributed by atoms with Crippen molar-refractivity contribution in [3.8, 4) is 5.75 Å². The lowest BCUT2D eigenvalue weighted by atomic mass is 10.1. The molecule has 3 N–H and O–H groups in total.